The Morgan fingerprint density at radius 3 is 2.27 bits per heavy atom. The molecular formula is C20H21NO5. The first-order chi connectivity index (χ1) is 12.5. The molecule has 0 aliphatic rings. The molecule has 0 amide bonds. The molecule has 1 heterocycles. The van der Waals surface area contributed by atoms with Crippen molar-refractivity contribution in [3.8, 4) is 28.5 Å². The third kappa shape index (κ3) is 2.94. The molecule has 0 bridgehead atoms. The maximum atomic E-state index is 11.4. The molecule has 136 valence electrons. The van der Waals surface area contributed by atoms with Gasteiger partial charge in [-0.15, -0.1) is 0 Å². The standard InChI is InChI=1S/C20H21NO5/c1-11-6-5-7-13-14(10-17(22)23)19(21-18(11)13)12-8-15(24-2)20(26-4)16(9-12)25-3/h5-9,21H,10H2,1-4H3,(H,22,23). The average molecular weight is 355 g/mol. The lowest BCUT2D eigenvalue weighted by molar-refractivity contribution is -0.136. The molecule has 0 spiro atoms. The van der Waals surface area contributed by atoms with Crippen LogP contribution in [0, 0.1) is 6.92 Å². The molecule has 6 heteroatoms. The van der Waals surface area contributed by atoms with Gasteiger partial charge in [-0.1, -0.05) is 18.2 Å². The highest BCUT2D eigenvalue weighted by Crippen LogP contribution is 2.43. The van der Waals surface area contributed by atoms with Gasteiger partial charge in [0.05, 0.1) is 33.4 Å². The topological polar surface area (TPSA) is 80.8 Å². The van der Waals surface area contributed by atoms with E-state index in [-0.39, 0.29) is 6.42 Å². The van der Waals surface area contributed by atoms with Gasteiger partial charge in [0.15, 0.2) is 11.5 Å². The maximum Gasteiger partial charge on any atom is 0.307 e. The van der Waals surface area contributed by atoms with Crippen LogP contribution < -0.4 is 14.2 Å². The number of methoxy groups -OCH3 is 3. The molecule has 0 saturated carbocycles. The summed E-state index contributed by atoms with van der Waals surface area (Å²) in [4.78, 5) is 14.8. The van der Waals surface area contributed by atoms with Crippen LogP contribution in [0.2, 0.25) is 0 Å². The Morgan fingerprint density at radius 1 is 1.08 bits per heavy atom. The molecule has 0 aliphatic carbocycles. The second-order valence-corrected chi connectivity index (χ2v) is 5.96. The van der Waals surface area contributed by atoms with Gasteiger partial charge in [-0.2, -0.15) is 0 Å². The number of aromatic nitrogens is 1. The lowest BCUT2D eigenvalue weighted by Gasteiger charge is -2.14. The third-order valence-corrected chi connectivity index (χ3v) is 4.43. The van der Waals surface area contributed by atoms with E-state index in [4.69, 9.17) is 14.2 Å². The number of fused-ring (bicyclic) bond motifs is 1. The molecule has 26 heavy (non-hydrogen) atoms. The van der Waals surface area contributed by atoms with E-state index >= 15 is 0 Å². The summed E-state index contributed by atoms with van der Waals surface area (Å²) >= 11 is 0. The summed E-state index contributed by atoms with van der Waals surface area (Å²) in [5.74, 6) is 0.629. The number of carbonyl (C=O) groups is 1. The van der Waals surface area contributed by atoms with E-state index in [2.05, 4.69) is 4.98 Å². The Kier molecular flexibility index (Phi) is 4.75. The van der Waals surface area contributed by atoms with E-state index in [0.717, 1.165) is 33.3 Å². The highest BCUT2D eigenvalue weighted by molar-refractivity contribution is 5.95. The smallest absolute Gasteiger partial charge is 0.307 e. The largest absolute Gasteiger partial charge is 0.493 e. The van der Waals surface area contributed by atoms with Crippen LogP contribution >= 0.6 is 0 Å². The zero-order valence-electron chi connectivity index (χ0n) is 15.2. The second-order valence-electron chi connectivity index (χ2n) is 5.96. The number of aliphatic carboxylic acids is 1. The molecule has 3 rings (SSSR count). The zero-order valence-corrected chi connectivity index (χ0v) is 15.2. The Bertz CT molecular complexity index is 949. The number of para-hydroxylation sites is 1. The minimum Gasteiger partial charge on any atom is -0.493 e. The molecule has 0 unspecified atom stereocenters. The number of aryl methyl sites for hydroxylation is 1. The summed E-state index contributed by atoms with van der Waals surface area (Å²) in [5.41, 5.74) is 4.20. The molecule has 3 aromatic rings. The fourth-order valence-corrected chi connectivity index (χ4v) is 3.23. The van der Waals surface area contributed by atoms with Crippen molar-refractivity contribution in [2.75, 3.05) is 21.3 Å². The number of aromatic amines is 1. The van der Waals surface area contributed by atoms with Gasteiger partial charge in [0.1, 0.15) is 0 Å². The zero-order chi connectivity index (χ0) is 18.8. The molecule has 0 aliphatic heterocycles. The van der Waals surface area contributed by atoms with Crippen LogP contribution in [0.1, 0.15) is 11.1 Å². The fraction of sp³-hybridized carbons (Fsp3) is 0.250. The van der Waals surface area contributed by atoms with Gasteiger partial charge in [-0.25, -0.2) is 0 Å². The Labute approximate surface area is 151 Å². The van der Waals surface area contributed by atoms with E-state index in [1.165, 1.54) is 0 Å². The van der Waals surface area contributed by atoms with Crippen LogP contribution in [-0.4, -0.2) is 37.4 Å². The van der Waals surface area contributed by atoms with E-state index in [1.54, 1.807) is 21.3 Å². The van der Waals surface area contributed by atoms with Gasteiger partial charge in [-0.05, 0) is 30.2 Å². The highest BCUT2D eigenvalue weighted by Gasteiger charge is 2.20. The van der Waals surface area contributed by atoms with E-state index < -0.39 is 5.97 Å². The van der Waals surface area contributed by atoms with Gasteiger partial charge in [-0.3, -0.25) is 4.79 Å². The van der Waals surface area contributed by atoms with Gasteiger partial charge in [0.2, 0.25) is 5.75 Å². The number of carboxylic acid groups (broad SMARTS) is 1. The van der Waals surface area contributed by atoms with Crippen molar-refractivity contribution in [1.82, 2.24) is 4.98 Å². The van der Waals surface area contributed by atoms with Crippen LogP contribution in [0.25, 0.3) is 22.2 Å². The molecule has 0 fully saturated rings. The summed E-state index contributed by atoms with van der Waals surface area (Å²) in [7, 11) is 4.64. The van der Waals surface area contributed by atoms with Crippen LogP contribution in [0.5, 0.6) is 17.2 Å². The predicted molar refractivity (Wildman–Crippen MR) is 99.5 cm³/mol. The van der Waals surface area contributed by atoms with Gasteiger partial charge < -0.3 is 24.3 Å². The number of carboxylic acids is 1. The SMILES string of the molecule is COc1cc(-c2[nH]c3c(C)cccc3c2CC(=O)O)cc(OC)c1OC. The van der Waals surface area contributed by atoms with E-state index in [9.17, 15) is 9.90 Å². The van der Waals surface area contributed by atoms with Gasteiger partial charge >= 0.3 is 5.97 Å². The van der Waals surface area contributed by atoms with Crippen LogP contribution in [0.3, 0.4) is 0 Å². The van der Waals surface area contributed by atoms with Crippen LogP contribution in [-0.2, 0) is 11.2 Å². The summed E-state index contributed by atoms with van der Waals surface area (Å²) in [6.45, 7) is 1.99. The van der Waals surface area contributed by atoms with Crippen molar-refractivity contribution in [2.45, 2.75) is 13.3 Å². The molecule has 2 N–H and O–H groups in total. The first kappa shape index (κ1) is 17.7. The lowest BCUT2D eigenvalue weighted by Crippen LogP contribution is -2.01. The minimum absolute atomic E-state index is 0.0879. The summed E-state index contributed by atoms with van der Waals surface area (Å²) in [5, 5.41) is 10.3. The molecular weight excluding hydrogens is 334 g/mol. The third-order valence-electron chi connectivity index (χ3n) is 4.43. The Hall–Kier alpha value is -3.15. The van der Waals surface area contributed by atoms with Crippen molar-refractivity contribution in [3.63, 3.8) is 0 Å². The number of H-pyrrole nitrogens is 1. The summed E-state index contributed by atoms with van der Waals surface area (Å²) in [6, 6.07) is 9.47. The number of rotatable bonds is 6. The molecule has 1 aromatic heterocycles. The second kappa shape index (κ2) is 7.00. The van der Waals surface area contributed by atoms with Crippen molar-refractivity contribution in [1.29, 1.82) is 0 Å². The normalized spacial score (nSPS) is 10.8. The lowest BCUT2D eigenvalue weighted by atomic mass is 10.0. The summed E-state index contributed by atoms with van der Waals surface area (Å²) in [6.07, 6.45) is -0.0879. The van der Waals surface area contributed by atoms with Crippen LogP contribution in [0.15, 0.2) is 30.3 Å². The van der Waals surface area contributed by atoms with E-state index in [1.807, 2.05) is 37.3 Å². The fourth-order valence-electron chi connectivity index (χ4n) is 3.23. The van der Waals surface area contributed by atoms with Crippen LogP contribution in [0.4, 0.5) is 0 Å². The number of ether oxygens (including phenoxy) is 3. The molecule has 2 aromatic carbocycles. The van der Waals surface area contributed by atoms with Gasteiger partial charge in [0, 0.05) is 16.5 Å². The monoisotopic (exact) mass is 355 g/mol. The number of nitrogens with one attached hydrogen (secondary N) is 1. The van der Waals surface area contributed by atoms with Crippen molar-refractivity contribution in [3.05, 3.63) is 41.5 Å². The van der Waals surface area contributed by atoms with Crippen molar-refractivity contribution >= 4 is 16.9 Å². The van der Waals surface area contributed by atoms with Gasteiger partial charge in [0.25, 0.3) is 0 Å². The molecule has 0 radical (unpaired) electrons. The predicted octanol–water partition coefficient (Wildman–Crippen LogP) is 3.80. The molecule has 6 nitrogen and oxygen atoms in total. The van der Waals surface area contributed by atoms with E-state index in [0.29, 0.717) is 17.2 Å². The Morgan fingerprint density at radius 2 is 1.73 bits per heavy atom. The first-order valence-corrected chi connectivity index (χ1v) is 8.12. The quantitative estimate of drug-likeness (QED) is 0.703. The number of benzene rings is 2. The molecule has 0 atom stereocenters. The average Bonchev–Trinajstić information content (AvgIpc) is 2.99. The first-order valence-electron chi connectivity index (χ1n) is 8.12. The number of hydrogen-bond acceptors (Lipinski definition) is 4. The number of hydrogen-bond donors (Lipinski definition) is 2. The van der Waals surface area contributed by atoms with Crippen molar-refractivity contribution < 1.29 is 24.1 Å². The summed E-state index contributed by atoms with van der Waals surface area (Å²) < 4.78 is 16.2. The molecule has 0 saturated heterocycles. The Balaban J connectivity index is 2.31. The highest BCUT2D eigenvalue weighted by atomic mass is 16.5. The maximum absolute atomic E-state index is 11.4. The van der Waals surface area contributed by atoms with Crippen molar-refractivity contribution in [2.24, 2.45) is 0 Å². The minimum atomic E-state index is -0.888.